The third-order valence-corrected chi connectivity index (χ3v) is 4.84. The van der Waals surface area contributed by atoms with Gasteiger partial charge in [-0.25, -0.2) is 10.2 Å². The Morgan fingerprint density at radius 3 is 2.52 bits per heavy atom. The predicted octanol–water partition coefficient (Wildman–Crippen LogP) is 2.37. The number of nitro benzene ring substituents is 1. The van der Waals surface area contributed by atoms with Crippen LogP contribution in [0.25, 0.3) is 0 Å². The van der Waals surface area contributed by atoms with Crippen molar-refractivity contribution < 1.29 is 31.8 Å². The maximum atomic E-state index is 12.5. The Balaban J connectivity index is 2.30. The average Bonchev–Trinajstić information content (AvgIpc) is 2.68. The van der Waals surface area contributed by atoms with E-state index in [1.165, 1.54) is 57.7 Å². The number of rotatable bonds is 7. The van der Waals surface area contributed by atoms with Gasteiger partial charge < -0.3 is 13.7 Å². The van der Waals surface area contributed by atoms with E-state index in [9.17, 15) is 23.3 Å². The van der Waals surface area contributed by atoms with Crippen LogP contribution in [0, 0.1) is 17.0 Å². The molecular formula is C17H17N3O8S. The molecule has 12 heteroatoms. The Morgan fingerprint density at radius 2 is 1.90 bits per heavy atom. The number of nitrogens with zero attached hydrogens (tertiary/aromatic N) is 2. The second-order valence-corrected chi connectivity index (χ2v) is 7.06. The number of nitro groups is 1. The smallest absolute Gasteiger partial charge is 0.427 e. The van der Waals surface area contributed by atoms with Gasteiger partial charge in [0.05, 0.1) is 25.4 Å². The molecule has 0 radical (unpaired) electrons. The largest absolute Gasteiger partial charge is 0.493 e. The molecule has 0 aliphatic heterocycles. The van der Waals surface area contributed by atoms with Gasteiger partial charge in [0.25, 0.3) is 5.69 Å². The first-order chi connectivity index (χ1) is 13.7. The van der Waals surface area contributed by atoms with E-state index in [4.69, 9.17) is 8.92 Å². The third kappa shape index (κ3) is 5.42. The number of hydrazone groups is 1. The van der Waals surface area contributed by atoms with Crippen molar-refractivity contribution in [2.75, 3.05) is 14.2 Å². The van der Waals surface area contributed by atoms with Crippen LogP contribution < -0.4 is 14.3 Å². The summed E-state index contributed by atoms with van der Waals surface area (Å²) in [7, 11) is -1.87. The number of hydrogen-bond donors (Lipinski definition) is 1. The van der Waals surface area contributed by atoms with Crippen LogP contribution in [-0.4, -0.2) is 39.9 Å². The van der Waals surface area contributed by atoms with Crippen LogP contribution in [0.2, 0.25) is 0 Å². The summed E-state index contributed by atoms with van der Waals surface area (Å²) in [6, 6.07) is 7.66. The summed E-state index contributed by atoms with van der Waals surface area (Å²) in [5.74, 6) is -0.0639. The monoisotopic (exact) mass is 423 g/mol. The van der Waals surface area contributed by atoms with Crippen molar-refractivity contribution in [1.29, 1.82) is 0 Å². The van der Waals surface area contributed by atoms with Crippen molar-refractivity contribution in [3.8, 4) is 11.5 Å². The highest BCUT2D eigenvalue weighted by Gasteiger charge is 2.23. The number of amides is 1. The molecule has 0 saturated carbocycles. The Morgan fingerprint density at radius 1 is 1.17 bits per heavy atom. The topological polar surface area (TPSA) is 146 Å². The number of carbonyl (C=O) groups is 1. The molecule has 2 rings (SSSR count). The van der Waals surface area contributed by atoms with Crippen molar-refractivity contribution in [1.82, 2.24) is 5.43 Å². The number of methoxy groups -OCH3 is 2. The first-order valence-electron chi connectivity index (χ1n) is 7.92. The average molecular weight is 423 g/mol. The lowest BCUT2D eigenvalue weighted by Crippen LogP contribution is -2.16. The van der Waals surface area contributed by atoms with E-state index < -0.39 is 21.1 Å². The molecule has 1 N–H and O–H groups in total. The van der Waals surface area contributed by atoms with E-state index in [0.717, 1.165) is 6.07 Å². The van der Waals surface area contributed by atoms with E-state index >= 15 is 0 Å². The molecule has 0 unspecified atom stereocenters. The second-order valence-electron chi connectivity index (χ2n) is 5.51. The maximum absolute atomic E-state index is 12.5. The van der Waals surface area contributed by atoms with Crippen molar-refractivity contribution in [3.05, 3.63) is 57.6 Å². The van der Waals surface area contributed by atoms with Gasteiger partial charge >= 0.3 is 16.2 Å². The fourth-order valence-electron chi connectivity index (χ4n) is 2.15. The summed E-state index contributed by atoms with van der Waals surface area (Å²) in [6.07, 6.45) is 0.521. The number of benzene rings is 2. The highest BCUT2D eigenvalue weighted by Crippen LogP contribution is 2.31. The Hall–Kier alpha value is -3.67. The number of aryl methyl sites for hydroxylation is 1. The molecule has 0 bridgehead atoms. The number of carbonyl (C=O) groups excluding carboxylic acids is 1. The van der Waals surface area contributed by atoms with E-state index in [-0.39, 0.29) is 22.1 Å². The van der Waals surface area contributed by atoms with Crippen LogP contribution >= 0.6 is 0 Å². The van der Waals surface area contributed by atoms with Gasteiger partial charge in [-0.15, -0.1) is 0 Å². The van der Waals surface area contributed by atoms with Crippen LogP contribution in [0.1, 0.15) is 11.1 Å². The molecule has 0 aliphatic rings. The standard InChI is InChI=1S/C17H17N3O8S/c1-11-4-6-13(9-14(11)20(22)23)29(24,25)28-15-7-5-12(8-16(15)26-2)10-18-19-17(21)27-3/h4-10H,1-3H3,(H,19,21)/b18-10-. The minimum Gasteiger partial charge on any atom is -0.493 e. The normalized spacial score (nSPS) is 11.1. The summed E-state index contributed by atoms with van der Waals surface area (Å²) < 4.78 is 39.6. The van der Waals surface area contributed by atoms with Gasteiger partial charge in [0.1, 0.15) is 4.90 Å². The lowest BCUT2D eigenvalue weighted by atomic mass is 10.2. The molecule has 2 aromatic rings. The molecule has 154 valence electrons. The Labute approximate surface area is 166 Å². The van der Waals surface area contributed by atoms with Crippen molar-refractivity contribution in [2.24, 2.45) is 5.10 Å². The molecule has 0 aliphatic carbocycles. The lowest BCUT2D eigenvalue weighted by Gasteiger charge is -2.11. The van der Waals surface area contributed by atoms with Gasteiger partial charge in [-0.1, -0.05) is 6.07 Å². The summed E-state index contributed by atoms with van der Waals surface area (Å²) >= 11 is 0. The fraction of sp³-hybridized carbons (Fsp3) is 0.176. The van der Waals surface area contributed by atoms with Crippen molar-refractivity contribution in [3.63, 3.8) is 0 Å². The summed E-state index contributed by atoms with van der Waals surface area (Å²) in [4.78, 5) is 21.0. The molecule has 2 aromatic carbocycles. The number of nitrogens with one attached hydrogen (secondary N) is 1. The molecule has 0 saturated heterocycles. The van der Waals surface area contributed by atoms with Crippen molar-refractivity contribution >= 4 is 28.1 Å². The quantitative estimate of drug-likeness (QED) is 0.309. The molecule has 0 spiro atoms. The fourth-order valence-corrected chi connectivity index (χ4v) is 3.11. The van der Waals surface area contributed by atoms with E-state index in [1.54, 1.807) is 0 Å². The third-order valence-electron chi connectivity index (χ3n) is 3.61. The van der Waals surface area contributed by atoms with E-state index in [0.29, 0.717) is 11.1 Å². The highest BCUT2D eigenvalue weighted by atomic mass is 32.2. The van der Waals surface area contributed by atoms with E-state index in [1.807, 2.05) is 0 Å². The zero-order valence-electron chi connectivity index (χ0n) is 15.6. The summed E-state index contributed by atoms with van der Waals surface area (Å²) in [5.41, 5.74) is 2.54. The zero-order chi connectivity index (χ0) is 21.6. The second kappa shape index (κ2) is 9.01. The molecule has 0 fully saturated rings. The molecule has 1 amide bonds. The molecule has 29 heavy (non-hydrogen) atoms. The molecule has 0 aromatic heterocycles. The van der Waals surface area contributed by atoms with Gasteiger partial charge in [-0.05, 0) is 36.8 Å². The summed E-state index contributed by atoms with van der Waals surface area (Å²) in [5, 5.41) is 14.7. The summed E-state index contributed by atoms with van der Waals surface area (Å²) in [6.45, 7) is 1.49. The first kappa shape index (κ1) is 21.6. The SMILES string of the molecule is COC(=O)N/N=C\c1ccc(OS(=O)(=O)c2ccc(C)c([N+](=O)[O-])c2)c(OC)c1. The van der Waals surface area contributed by atoms with Crippen LogP contribution in [0.4, 0.5) is 10.5 Å². The zero-order valence-corrected chi connectivity index (χ0v) is 16.4. The van der Waals surface area contributed by atoms with Crippen molar-refractivity contribution in [2.45, 2.75) is 11.8 Å². The van der Waals surface area contributed by atoms with Gasteiger partial charge in [-0.2, -0.15) is 13.5 Å². The lowest BCUT2D eigenvalue weighted by molar-refractivity contribution is -0.385. The molecule has 0 atom stereocenters. The highest BCUT2D eigenvalue weighted by molar-refractivity contribution is 7.87. The predicted molar refractivity (Wildman–Crippen MR) is 102 cm³/mol. The number of hydrogen-bond acceptors (Lipinski definition) is 9. The minimum atomic E-state index is -4.35. The number of ether oxygens (including phenoxy) is 2. The molecular weight excluding hydrogens is 406 g/mol. The minimum absolute atomic E-state index is 0.0669. The van der Waals surface area contributed by atoms with Gasteiger partial charge in [0.2, 0.25) is 0 Å². The van der Waals surface area contributed by atoms with Crippen LogP contribution in [0.3, 0.4) is 0 Å². The Kier molecular flexibility index (Phi) is 6.72. The van der Waals surface area contributed by atoms with Gasteiger partial charge in [-0.3, -0.25) is 10.1 Å². The van der Waals surface area contributed by atoms with Crippen LogP contribution in [0.5, 0.6) is 11.5 Å². The first-order valence-corrected chi connectivity index (χ1v) is 9.33. The molecule has 0 heterocycles. The van der Waals surface area contributed by atoms with Gasteiger partial charge in [0, 0.05) is 11.6 Å². The van der Waals surface area contributed by atoms with Crippen LogP contribution in [-0.2, 0) is 14.9 Å². The van der Waals surface area contributed by atoms with E-state index in [2.05, 4.69) is 15.3 Å². The van der Waals surface area contributed by atoms with Crippen LogP contribution in [0.15, 0.2) is 46.4 Å². The molecule has 11 nitrogen and oxygen atoms in total. The van der Waals surface area contributed by atoms with Gasteiger partial charge in [0.15, 0.2) is 11.5 Å². The Bertz CT molecular complexity index is 1070. The maximum Gasteiger partial charge on any atom is 0.427 e.